The van der Waals surface area contributed by atoms with Crippen LogP contribution in [0, 0.1) is 0 Å². The first-order chi connectivity index (χ1) is 7.06. The smallest absolute Gasteiger partial charge is 0.137 e. The van der Waals surface area contributed by atoms with Gasteiger partial charge in [0.05, 0.1) is 0 Å². The Hall–Kier alpha value is -1.35. The van der Waals surface area contributed by atoms with E-state index in [1.165, 1.54) is 10.9 Å². The van der Waals surface area contributed by atoms with Gasteiger partial charge in [0, 0.05) is 29.9 Å². The maximum absolute atomic E-state index is 4.26. The van der Waals surface area contributed by atoms with E-state index in [9.17, 15) is 0 Å². The van der Waals surface area contributed by atoms with Crippen LogP contribution in [-0.4, -0.2) is 15.5 Å². The number of fused-ring (bicyclic) bond motifs is 1. The molecule has 0 aliphatic carbocycles. The fourth-order valence-electron chi connectivity index (χ4n) is 1.52. The molecule has 0 aliphatic heterocycles. The highest BCUT2D eigenvalue weighted by Gasteiger charge is 2.10. The molecule has 0 bridgehead atoms. The third-order valence-electron chi connectivity index (χ3n) is 2.35. The lowest BCUT2D eigenvalue weighted by Crippen LogP contribution is -2.34. The number of aromatic nitrogens is 2. The Bertz CT molecular complexity index is 451. The molecule has 0 amide bonds. The molecule has 0 atom stereocenters. The topological polar surface area (TPSA) is 40.7 Å². The van der Waals surface area contributed by atoms with Gasteiger partial charge in [-0.25, -0.2) is 4.98 Å². The van der Waals surface area contributed by atoms with Crippen LogP contribution in [0.3, 0.4) is 0 Å². The van der Waals surface area contributed by atoms with Gasteiger partial charge in [-0.3, -0.25) is 0 Å². The van der Waals surface area contributed by atoms with Crippen LogP contribution in [0.25, 0.3) is 11.0 Å². The van der Waals surface area contributed by atoms with Gasteiger partial charge in [0.25, 0.3) is 0 Å². The molecule has 0 aliphatic rings. The van der Waals surface area contributed by atoms with Crippen LogP contribution in [0.4, 0.5) is 0 Å². The highest BCUT2D eigenvalue weighted by atomic mass is 14.9. The Labute approximate surface area is 89.9 Å². The summed E-state index contributed by atoms with van der Waals surface area (Å²) in [6, 6.07) is 4.06. The van der Waals surface area contributed by atoms with E-state index in [1.807, 2.05) is 12.3 Å². The fraction of sp³-hybridized carbons (Fsp3) is 0.417. The second kappa shape index (κ2) is 3.66. The van der Waals surface area contributed by atoms with E-state index in [0.29, 0.717) is 0 Å². The Morgan fingerprint density at radius 3 is 2.93 bits per heavy atom. The molecule has 0 unspecified atom stereocenters. The highest BCUT2D eigenvalue weighted by Crippen LogP contribution is 2.16. The molecule has 2 rings (SSSR count). The maximum atomic E-state index is 4.26. The first-order valence-electron chi connectivity index (χ1n) is 5.22. The zero-order chi connectivity index (χ0) is 10.9. The number of aromatic amines is 1. The maximum Gasteiger partial charge on any atom is 0.137 e. The summed E-state index contributed by atoms with van der Waals surface area (Å²) in [7, 11) is 0. The lowest BCUT2D eigenvalue weighted by molar-refractivity contribution is 0.425. The Balaban J connectivity index is 2.22. The van der Waals surface area contributed by atoms with Crippen LogP contribution >= 0.6 is 0 Å². The molecule has 2 heterocycles. The summed E-state index contributed by atoms with van der Waals surface area (Å²) in [4.78, 5) is 7.44. The minimum absolute atomic E-state index is 0.145. The molecule has 0 aromatic carbocycles. The first kappa shape index (κ1) is 10.2. The van der Waals surface area contributed by atoms with Crippen LogP contribution in [0.15, 0.2) is 24.5 Å². The van der Waals surface area contributed by atoms with Crippen LogP contribution in [0.1, 0.15) is 26.3 Å². The molecule has 2 aromatic heterocycles. The number of nitrogens with one attached hydrogen (secondary N) is 2. The number of hydrogen-bond donors (Lipinski definition) is 2. The molecule has 0 fully saturated rings. The average molecular weight is 203 g/mol. The standard InChI is InChI=1S/C12H17N3/c1-12(2,3)15-8-9-7-14-11-10(9)5-4-6-13-11/h4-7,15H,8H2,1-3H3,(H,13,14). The normalized spacial score (nSPS) is 12.2. The fourth-order valence-corrected chi connectivity index (χ4v) is 1.52. The van der Waals surface area contributed by atoms with Gasteiger partial charge in [0.1, 0.15) is 5.65 Å². The average Bonchev–Trinajstić information content (AvgIpc) is 2.57. The molecule has 3 nitrogen and oxygen atoms in total. The van der Waals surface area contributed by atoms with Crippen LogP contribution < -0.4 is 5.32 Å². The lowest BCUT2D eigenvalue weighted by atomic mass is 10.1. The van der Waals surface area contributed by atoms with Crippen molar-refractivity contribution in [3.8, 4) is 0 Å². The minimum Gasteiger partial charge on any atom is -0.346 e. The van der Waals surface area contributed by atoms with E-state index < -0.39 is 0 Å². The van der Waals surface area contributed by atoms with Crippen molar-refractivity contribution in [1.82, 2.24) is 15.3 Å². The van der Waals surface area contributed by atoms with Crippen molar-refractivity contribution in [2.75, 3.05) is 0 Å². The van der Waals surface area contributed by atoms with E-state index in [1.54, 1.807) is 6.20 Å². The highest BCUT2D eigenvalue weighted by molar-refractivity contribution is 5.79. The van der Waals surface area contributed by atoms with Gasteiger partial charge in [0.2, 0.25) is 0 Å². The summed E-state index contributed by atoms with van der Waals surface area (Å²) < 4.78 is 0. The van der Waals surface area contributed by atoms with Gasteiger partial charge >= 0.3 is 0 Å². The summed E-state index contributed by atoms with van der Waals surface area (Å²) in [5.41, 5.74) is 2.38. The van der Waals surface area contributed by atoms with Crippen molar-refractivity contribution in [3.05, 3.63) is 30.1 Å². The van der Waals surface area contributed by atoms with E-state index in [4.69, 9.17) is 0 Å². The van der Waals surface area contributed by atoms with Gasteiger partial charge in [-0.15, -0.1) is 0 Å². The zero-order valence-electron chi connectivity index (χ0n) is 9.46. The van der Waals surface area contributed by atoms with Gasteiger partial charge in [-0.2, -0.15) is 0 Å². The van der Waals surface area contributed by atoms with E-state index in [-0.39, 0.29) is 5.54 Å². The number of hydrogen-bond acceptors (Lipinski definition) is 2. The Morgan fingerprint density at radius 1 is 1.40 bits per heavy atom. The molecular weight excluding hydrogens is 186 g/mol. The van der Waals surface area contributed by atoms with E-state index in [2.05, 4.69) is 42.1 Å². The summed E-state index contributed by atoms with van der Waals surface area (Å²) in [5, 5.41) is 4.67. The van der Waals surface area contributed by atoms with E-state index >= 15 is 0 Å². The van der Waals surface area contributed by atoms with Crippen molar-refractivity contribution in [2.45, 2.75) is 32.9 Å². The van der Waals surface area contributed by atoms with Crippen molar-refractivity contribution in [2.24, 2.45) is 0 Å². The summed E-state index contributed by atoms with van der Waals surface area (Å²) in [6.07, 6.45) is 3.83. The predicted molar refractivity (Wildman–Crippen MR) is 62.7 cm³/mol. The first-order valence-corrected chi connectivity index (χ1v) is 5.22. The SMILES string of the molecule is CC(C)(C)NCc1c[nH]c2ncccc12. The Kier molecular flexibility index (Phi) is 2.49. The minimum atomic E-state index is 0.145. The molecule has 0 radical (unpaired) electrons. The third-order valence-corrected chi connectivity index (χ3v) is 2.35. The van der Waals surface area contributed by atoms with Crippen LogP contribution in [0.5, 0.6) is 0 Å². The van der Waals surface area contributed by atoms with Gasteiger partial charge < -0.3 is 10.3 Å². The molecular formula is C12H17N3. The molecule has 2 aromatic rings. The number of H-pyrrole nitrogens is 1. The molecule has 15 heavy (non-hydrogen) atoms. The quantitative estimate of drug-likeness (QED) is 0.787. The van der Waals surface area contributed by atoms with Crippen LogP contribution in [0.2, 0.25) is 0 Å². The predicted octanol–water partition coefficient (Wildman–Crippen LogP) is 2.45. The Morgan fingerprint density at radius 2 is 2.20 bits per heavy atom. The van der Waals surface area contributed by atoms with Crippen molar-refractivity contribution >= 4 is 11.0 Å². The van der Waals surface area contributed by atoms with E-state index in [0.717, 1.165) is 12.2 Å². The molecule has 0 saturated carbocycles. The van der Waals surface area contributed by atoms with Crippen molar-refractivity contribution in [1.29, 1.82) is 0 Å². The molecule has 0 saturated heterocycles. The summed E-state index contributed by atoms with van der Waals surface area (Å²) >= 11 is 0. The van der Waals surface area contributed by atoms with Gasteiger partial charge in [0.15, 0.2) is 0 Å². The second-order valence-corrected chi connectivity index (χ2v) is 4.82. The largest absolute Gasteiger partial charge is 0.346 e. The number of nitrogens with zero attached hydrogens (tertiary/aromatic N) is 1. The molecule has 80 valence electrons. The lowest BCUT2D eigenvalue weighted by Gasteiger charge is -2.20. The monoisotopic (exact) mass is 203 g/mol. The van der Waals surface area contributed by atoms with Crippen molar-refractivity contribution < 1.29 is 0 Å². The van der Waals surface area contributed by atoms with Gasteiger partial charge in [-0.05, 0) is 38.5 Å². The third kappa shape index (κ3) is 2.36. The molecule has 3 heteroatoms. The zero-order valence-corrected chi connectivity index (χ0v) is 9.46. The summed E-state index contributed by atoms with van der Waals surface area (Å²) in [5.74, 6) is 0. The number of pyridine rings is 1. The van der Waals surface area contributed by atoms with Crippen molar-refractivity contribution in [3.63, 3.8) is 0 Å². The molecule has 0 spiro atoms. The molecule has 2 N–H and O–H groups in total. The van der Waals surface area contributed by atoms with Gasteiger partial charge in [-0.1, -0.05) is 0 Å². The number of rotatable bonds is 2. The second-order valence-electron chi connectivity index (χ2n) is 4.82. The van der Waals surface area contributed by atoms with Crippen LogP contribution in [-0.2, 0) is 6.54 Å². The summed E-state index contributed by atoms with van der Waals surface area (Å²) in [6.45, 7) is 7.37.